The van der Waals surface area contributed by atoms with Crippen LogP contribution in [-0.4, -0.2) is 21.2 Å². The summed E-state index contributed by atoms with van der Waals surface area (Å²) in [5.41, 5.74) is 0.410. The zero-order chi connectivity index (χ0) is 20.5. The van der Waals surface area contributed by atoms with Gasteiger partial charge in [0.15, 0.2) is 11.3 Å². The molecule has 7 heteroatoms. The van der Waals surface area contributed by atoms with E-state index in [-0.39, 0.29) is 17.6 Å². The van der Waals surface area contributed by atoms with Gasteiger partial charge in [-0.05, 0) is 23.8 Å². The lowest BCUT2D eigenvalue weighted by molar-refractivity contribution is 0.416. The highest BCUT2D eigenvalue weighted by Crippen LogP contribution is 2.28. The maximum absolute atomic E-state index is 12.9. The van der Waals surface area contributed by atoms with Crippen molar-refractivity contribution in [2.24, 2.45) is 0 Å². The van der Waals surface area contributed by atoms with Gasteiger partial charge in [-0.2, -0.15) is 0 Å². The van der Waals surface area contributed by atoms with E-state index in [1.807, 2.05) is 6.07 Å². The Bertz CT molecular complexity index is 1340. The number of aromatic nitrogens is 2. The number of aromatic hydroxyl groups is 1. The van der Waals surface area contributed by atoms with Crippen molar-refractivity contribution >= 4 is 17.1 Å². The molecular weight excluding hydrogens is 392 g/mol. The smallest absolute Gasteiger partial charge is 0.279 e. The Labute approximate surface area is 170 Å². The standard InChI is InChI=1S/C22H17ClN2O4/c1-29-18-8-3-2-7-16(18)17-13-24-9-10-25(12-14-5-4-6-15(23)11-14)22(28)19(24)21(27)20(17)26/h2-11,13,27H,12H2,1H3. The highest BCUT2D eigenvalue weighted by molar-refractivity contribution is 6.30. The zero-order valence-corrected chi connectivity index (χ0v) is 16.3. The van der Waals surface area contributed by atoms with Crippen LogP contribution >= 0.6 is 11.6 Å². The van der Waals surface area contributed by atoms with Crippen LogP contribution in [0.1, 0.15) is 5.56 Å². The Morgan fingerprint density at radius 2 is 1.83 bits per heavy atom. The Balaban J connectivity index is 1.89. The predicted octanol–water partition coefficient (Wildman–Crippen LogP) is 3.54. The molecule has 0 amide bonds. The van der Waals surface area contributed by atoms with Crippen LogP contribution in [0.25, 0.3) is 16.6 Å². The highest BCUT2D eigenvalue weighted by atomic mass is 35.5. The summed E-state index contributed by atoms with van der Waals surface area (Å²) in [5.74, 6) is -0.0999. The maximum atomic E-state index is 12.9. The predicted molar refractivity (Wildman–Crippen MR) is 112 cm³/mol. The average molecular weight is 409 g/mol. The minimum Gasteiger partial charge on any atom is -0.503 e. The van der Waals surface area contributed by atoms with E-state index in [0.29, 0.717) is 16.3 Å². The number of ether oxygens (including phenoxy) is 1. The molecule has 2 aromatic heterocycles. The van der Waals surface area contributed by atoms with Gasteiger partial charge in [0.2, 0.25) is 5.43 Å². The van der Waals surface area contributed by atoms with E-state index in [1.54, 1.807) is 54.9 Å². The first-order valence-electron chi connectivity index (χ1n) is 8.85. The molecule has 0 spiro atoms. The lowest BCUT2D eigenvalue weighted by Gasteiger charge is -2.12. The maximum Gasteiger partial charge on any atom is 0.279 e. The van der Waals surface area contributed by atoms with Gasteiger partial charge in [-0.1, -0.05) is 41.9 Å². The number of para-hydroxylation sites is 1. The van der Waals surface area contributed by atoms with Crippen LogP contribution in [-0.2, 0) is 6.54 Å². The van der Waals surface area contributed by atoms with E-state index < -0.39 is 16.7 Å². The molecule has 1 N–H and O–H groups in total. The molecule has 0 aliphatic carbocycles. The third-order valence-corrected chi connectivity index (χ3v) is 4.96. The van der Waals surface area contributed by atoms with E-state index in [4.69, 9.17) is 16.3 Å². The molecule has 4 aromatic rings. The van der Waals surface area contributed by atoms with Crippen molar-refractivity contribution in [2.75, 3.05) is 7.11 Å². The van der Waals surface area contributed by atoms with E-state index in [0.717, 1.165) is 5.56 Å². The van der Waals surface area contributed by atoms with Gasteiger partial charge < -0.3 is 18.8 Å². The van der Waals surface area contributed by atoms with Crippen molar-refractivity contribution in [1.82, 2.24) is 8.97 Å². The second-order valence-corrected chi connectivity index (χ2v) is 6.97. The van der Waals surface area contributed by atoms with Gasteiger partial charge in [0.25, 0.3) is 5.56 Å². The van der Waals surface area contributed by atoms with Crippen LogP contribution < -0.4 is 15.7 Å². The van der Waals surface area contributed by atoms with Crippen molar-refractivity contribution in [3.05, 3.63) is 98.3 Å². The number of methoxy groups -OCH3 is 1. The fourth-order valence-corrected chi connectivity index (χ4v) is 3.53. The zero-order valence-electron chi connectivity index (χ0n) is 15.5. The molecule has 0 aliphatic rings. The molecule has 2 heterocycles. The number of pyridine rings is 1. The SMILES string of the molecule is COc1ccccc1-c1cn2ccn(Cc3cccc(Cl)c3)c(=O)c2c(O)c1=O. The Morgan fingerprint density at radius 3 is 2.59 bits per heavy atom. The van der Waals surface area contributed by atoms with Gasteiger partial charge in [0, 0.05) is 29.2 Å². The number of rotatable bonds is 4. The summed E-state index contributed by atoms with van der Waals surface area (Å²) < 4.78 is 8.19. The molecule has 0 aliphatic heterocycles. The van der Waals surface area contributed by atoms with E-state index in [2.05, 4.69) is 0 Å². The molecule has 0 fully saturated rings. The number of nitrogens with zero attached hydrogens (tertiary/aromatic N) is 2. The van der Waals surface area contributed by atoms with Gasteiger partial charge >= 0.3 is 0 Å². The summed E-state index contributed by atoms with van der Waals surface area (Å²) in [6.07, 6.45) is 4.76. The van der Waals surface area contributed by atoms with Crippen LogP contribution in [0.15, 0.2) is 76.7 Å². The Hall–Kier alpha value is -3.51. The first kappa shape index (κ1) is 18.8. The monoisotopic (exact) mass is 408 g/mol. The van der Waals surface area contributed by atoms with Crippen LogP contribution in [0.3, 0.4) is 0 Å². The van der Waals surface area contributed by atoms with Crippen LogP contribution in [0.2, 0.25) is 5.02 Å². The lowest BCUT2D eigenvalue weighted by atomic mass is 10.1. The van der Waals surface area contributed by atoms with E-state index >= 15 is 0 Å². The normalized spacial score (nSPS) is 11.0. The molecule has 29 heavy (non-hydrogen) atoms. The molecule has 4 rings (SSSR count). The summed E-state index contributed by atoms with van der Waals surface area (Å²) in [6.45, 7) is 0.262. The van der Waals surface area contributed by atoms with Crippen LogP contribution in [0, 0.1) is 0 Å². The summed E-state index contributed by atoms with van der Waals surface area (Å²) in [5, 5.41) is 11.1. The van der Waals surface area contributed by atoms with E-state index in [9.17, 15) is 14.7 Å². The van der Waals surface area contributed by atoms with Gasteiger partial charge in [-0.15, -0.1) is 0 Å². The second-order valence-electron chi connectivity index (χ2n) is 6.54. The van der Waals surface area contributed by atoms with Crippen LogP contribution in [0.4, 0.5) is 0 Å². The lowest BCUT2D eigenvalue weighted by Crippen LogP contribution is -2.24. The second kappa shape index (κ2) is 7.48. The topological polar surface area (TPSA) is 72.9 Å². The Kier molecular flexibility index (Phi) is 4.86. The average Bonchev–Trinajstić information content (AvgIpc) is 2.72. The first-order valence-corrected chi connectivity index (χ1v) is 9.22. The van der Waals surface area contributed by atoms with Gasteiger partial charge in [-0.25, -0.2) is 0 Å². The fraction of sp³-hybridized carbons (Fsp3) is 0.0909. The minimum absolute atomic E-state index is 0.0850. The molecule has 0 bridgehead atoms. The summed E-state index contributed by atoms with van der Waals surface area (Å²) in [6, 6.07) is 14.2. The molecule has 6 nitrogen and oxygen atoms in total. The molecular formula is C22H17ClN2O4. The molecule has 2 aromatic carbocycles. The van der Waals surface area contributed by atoms with Crippen molar-refractivity contribution in [3.63, 3.8) is 0 Å². The van der Waals surface area contributed by atoms with Gasteiger partial charge in [0.1, 0.15) is 5.75 Å². The first-order chi connectivity index (χ1) is 14.0. The summed E-state index contributed by atoms with van der Waals surface area (Å²) >= 11 is 6.01. The van der Waals surface area contributed by atoms with Gasteiger partial charge in [0.05, 0.1) is 19.2 Å². The summed E-state index contributed by atoms with van der Waals surface area (Å²) in [7, 11) is 1.51. The highest BCUT2D eigenvalue weighted by Gasteiger charge is 2.17. The van der Waals surface area contributed by atoms with E-state index in [1.165, 1.54) is 22.3 Å². The fourth-order valence-electron chi connectivity index (χ4n) is 3.32. The Morgan fingerprint density at radius 1 is 1.03 bits per heavy atom. The summed E-state index contributed by atoms with van der Waals surface area (Å²) in [4.78, 5) is 25.8. The third-order valence-electron chi connectivity index (χ3n) is 4.72. The molecule has 0 unspecified atom stereocenters. The molecule has 146 valence electrons. The van der Waals surface area contributed by atoms with Crippen molar-refractivity contribution in [3.8, 4) is 22.6 Å². The number of halogens is 1. The molecule has 0 saturated carbocycles. The van der Waals surface area contributed by atoms with Crippen molar-refractivity contribution in [2.45, 2.75) is 6.54 Å². The largest absolute Gasteiger partial charge is 0.503 e. The molecule has 0 radical (unpaired) electrons. The number of hydrogen-bond acceptors (Lipinski definition) is 4. The third kappa shape index (κ3) is 3.39. The minimum atomic E-state index is -0.632. The molecule has 0 saturated heterocycles. The number of benzene rings is 2. The quantitative estimate of drug-likeness (QED) is 0.560. The van der Waals surface area contributed by atoms with Crippen molar-refractivity contribution < 1.29 is 9.84 Å². The van der Waals surface area contributed by atoms with Gasteiger partial charge in [-0.3, -0.25) is 9.59 Å². The van der Waals surface area contributed by atoms with Crippen LogP contribution in [0.5, 0.6) is 11.5 Å². The number of hydrogen-bond donors (Lipinski definition) is 1. The molecule has 0 atom stereocenters. The van der Waals surface area contributed by atoms with Crippen molar-refractivity contribution in [1.29, 1.82) is 0 Å². The number of fused-ring (bicyclic) bond motifs is 1.